The van der Waals surface area contributed by atoms with Crippen molar-refractivity contribution < 1.29 is 4.79 Å². The van der Waals surface area contributed by atoms with Crippen LogP contribution < -0.4 is 0 Å². The molecule has 0 bridgehead atoms. The fourth-order valence-corrected chi connectivity index (χ4v) is 2.37. The minimum Gasteiger partial charge on any atom is -0.299 e. The maximum atomic E-state index is 11.9. The summed E-state index contributed by atoms with van der Waals surface area (Å²) in [6.07, 6.45) is 3.90. The second-order valence-electron chi connectivity index (χ2n) is 6.05. The Hall–Kier alpha value is -0.330. The molecule has 0 heterocycles. The summed E-state index contributed by atoms with van der Waals surface area (Å²) < 4.78 is 0. The summed E-state index contributed by atoms with van der Waals surface area (Å²) in [5.74, 6) is 1.29. The van der Waals surface area contributed by atoms with Crippen molar-refractivity contribution in [2.75, 3.05) is 0 Å². The van der Waals surface area contributed by atoms with Gasteiger partial charge in [-0.15, -0.1) is 0 Å². The van der Waals surface area contributed by atoms with Crippen molar-refractivity contribution in [3.63, 3.8) is 0 Å². The van der Waals surface area contributed by atoms with E-state index >= 15 is 0 Å². The van der Waals surface area contributed by atoms with Crippen LogP contribution in [-0.4, -0.2) is 5.78 Å². The summed E-state index contributed by atoms with van der Waals surface area (Å²) in [4.78, 5) is 11.9. The zero-order valence-electron chi connectivity index (χ0n) is 11.4. The Kier molecular flexibility index (Phi) is 6.16. The predicted octanol–water partition coefficient (Wildman–Crippen LogP) is 4.45. The van der Waals surface area contributed by atoms with Gasteiger partial charge < -0.3 is 0 Å². The van der Waals surface area contributed by atoms with Gasteiger partial charge in [0.25, 0.3) is 0 Å². The van der Waals surface area contributed by atoms with Gasteiger partial charge in [0.2, 0.25) is 0 Å². The molecule has 15 heavy (non-hydrogen) atoms. The quantitative estimate of drug-likeness (QED) is 0.635. The van der Waals surface area contributed by atoms with E-state index in [1.807, 2.05) is 0 Å². The lowest BCUT2D eigenvalue weighted by Crippen LogP contribution is -2.19. The van der Waals surface area contributed by atoms with E-state index < -0.39 is 0 Å². The molecule has 1 heteroatoms. The third-order valence-corrected chi connectivity index (χ3v) is 2.95. The molecule has 0 rings (SSSR count). The third-order valence-electron chi connectivity index (χ3n) is 2.95. The molecule has 0 aromatic carbocycles. The summed E-state index contributed by atoms with van der Waals surface area (Å²) in [5, 5.41) is 0. The Balaban J connectivity index is 4.06. The van der Waals surface area contributed by atoms with E-state index in [4.69, 9.17) is 0 Å². The minimum absolute atomic E-state index is 0.299. The van der Waals surface area contributed by atoms with Gasteiger partial charge in [-0.2, -0.15) is 0 Å². The average molecular weight is 212 g/mol. The zero-order chi connectivity index (χ0) is 12.1. The molecule has 0 spiro atoms. The fraction of sp³-hybridized carbons (Fsp3) is 0.929. The van der Waals surface area contributed by atoms with Gasteiger partial charge in [-0.1, -0.05) is 41.5 Å². The van der Waals surface area contributed by atoms with Crippen molar-refractivity contribution in [2.45, 2.75) is 67.2 Å². The fourth-order valence-electron chi connectivity index (χ4n) is 2.37. The van der Waals surface area contributed by atoms with Crippen LogP contribution in [0.15, 0.2) is 0 Å². The van der Waals surface area contributed by atoms with Crippen molar-refractivity contribution >= 4 is 5.78 Å². The number of rotatable bonds is 6. The molecular formula is C14H28O. The van der Waals surface area contributed by atoms with Crippen molar-refractivity contribution in [1.82, 2.24) is 0 Å². The van der Waals surface area contributed by atoms with Crippen LogP contribution in [0.25, 0.3) is 0 Å². The first-order chi connectivity index (χ1) is 6.80. The molecule has 0 aliphatic heterocycles. The number of carbonyl (C=O) groups excluding carboxylic acids is 1. The van der Waals surface area contributed by atoms with E-state index in [9.17, 15) is 4.79 Å². The van der Waals surface area contributed by atoms with E-state index in [1.165, 1.54) is 0 Å². The van der Waals surface area contributed by atoms with Crippen molar-refractivity contribution in [3.05, 3.63) is 0 Å². The molecule has 0 aromatic heterocycles. The molecule has 0 radical (unpaired) electrons. The Morgan fingerprint density at radius 2 is 1.60 bits per heavy atom. The summed E-state index contributed by atoms with van der Waals surface area (Å²) in [7, 11) is 0. The van der Waals surface area contributed by atoms with Gasteiger partial charge in [0.15, 0.2) is 0 Å². The molecule has 0 aromatic rings. The lowest BCUT2D eigenvalue weighted by atomic mass is 9.81. The molecule has 0 saturated carbocycles. The molecule has 0 N–H and O–H groups in total. The molecule has 0 amide bonds. The highest BCUT2D eigenvalue weighted by Gasteiger charge is 2.20. The Morgan fingerprint density at radius 3 is 1.93 bits per heavy atom. The molecule has 1 nitrogen and oxygen atoms in total. The lowest BCUT2D eigenvalue weighted by Gasteiger charge is -2.23. The Bertz CT molecular complexity index is 184. The van der Waals surface area contributed by atoms with Gasteiger partial charge in [0.05, 0.1) is 0 Å². The van der Waals surface area contributed by atoms with Crippen LogP contribution >= 0.6 is 0 Å². The minimum atomic E-state index is 0.299. The molecule has 0 aliphatic carbocycles. The highest BCUT2D eigenvalue weighted by Crippen LogP contribution is 2.27. The Morgan fingerprint density at radius 1 is 1.13 bits per heavy atom. The molecule has 1 unspecified atom stereocenters. The lowest BCUT2D eigenvalue weighted by molar-refractivity contribution is -0.124. The van der Waals surface area contributed by atoms with E-state index in [1.54, 1.807) is 0 Å². The normalized spacial score (nSPS) is 14.3. The summed E-state index contributed by atoms with van der Waals surface area (Å²) >= 11 is 0. The van der Waals surface area contributed by atoms with Crippen LogP contribution in [0.3, 0.4) is 0 Å². The summed E-state index contributed by atoms with van der Waals surface area (Å²) in [6, 6.07) is 0. The van der Waals surface area contributed by atoms with Gasteiger partial charge in [0, 0.05) is 12.3 Å². The predicted molar refractivity (Wildman–Crippen MR) is 66.9 cm³/mol. The van der Waals surface area contributed by atoms with Crippen molar-refractivity contribution in [3.8, 4) is 0 Å². The third kappa shape index (κ3) is 6.70. The smallest absolute Gasteiger partial charge is 0.136 e. The zero-order valence-corrected chi connectivity index (χ0v) is 11.4. The molecular weight excluding hydrogens is 184 g/mol. The van der Waals surface area contributed by atoms with E-state index in [0.29, 0.717) is 23.0 Å². The number of ketones is 1. The molecule has 90 valence electrons. The van der Waals surface area contributed by atoms with Crippen LogP contribution in [0, 0.1) is 17.3 Å². The van der Waals surface area contributed by atoms with Gasteiger partial charge >= 0.3 is 0 Å². The van der Waals surface area contributed by atoms with Gasteiger partial charge in [-0.25, -0.2) is 0 Å². The molecule has 0 aliphatic rings. The highest BCUT2D eigenvalue weighted by molar-refractivity contribution is 5.81. The van der Waals surface area contributed by atoms with Crippen LogP contribution in [0.2, 0.25) is 0 Å². The largest absolute Gasteiger partial charge is 0.299 e. The van der Waals surface area contributed by atoms with E-state index in [-0.39, 0.29) is 0 Å². The van der Waals surface area contributed by atoms with Crippen molar-refractivity contribution in [1.29, 1.82) is 0 Å². The van der Waals surface area contributed by atoms with Crippen LogP contribution in [0.5, 0.6) is 0 Å². The van der Waals surface area contributed by atoms with Crippen molar-refractivity contribution in [2.24, 2.45) is 17.3 Å². The highest BCUT2D eigenvalue weighted by atomic mass is 16.1. The maximum Gasteiger partial charge on any atom is 0.136 e. The Labute approximate surface area is 95.6 Å². The first kappa shape index (κ1) is 14.7. The van der Waals surface area contributed by atoms with Crippen LogP contribution in [0.4, 0.5) is 0 Å². The van der Waals surface area contributed by atoms with E-state index in [0.717, 1.165) is 25.7 Å². The second kappa shape index (κ2) is 6.30. The maximum absolute atomic E-state index is 11.9. The SMILES string of the molecule is CCC(CC)C(=O)CC(C)CC(C)(C)C. The number of Topliss-reactive ketones (excluding diaryl/α,β-unsaturated/α-hetero) is 1. The standard InChI is InChI=1S/C14H28O/c1-7-12(8-2)13(15)9-11(3)10-14(4,5)6/h11-12H,7-10H2,1-6H3. The molecule has 1 atom stereocenters. The average Bonchev–Trinajstić information content (AvgIpc) is 2.02. The number of hydrogen-bond acceptors (Lipinski definition) is 1. The molecule has 0 saturated heterocycles. The van der Waals surface area contributed by atoms with Gasteiger partial charge in [-0.05, 0) is 30.6 Å². The molecule has 0 fully saturated rings. The van der Waals surface area contributed by atoms with Crippen LogP contribution in [0.1, 0.15) is 67.2 Å². The summed E-state index contributed by atoms with van der Waals surface area (Å²) in [5.41, 5.74) is 0.341. The van der Waals surface area contributed by atoms with Crippen LogP contribution in [-0.2, 0) is 4.79 Å². The van der Waals surface area contributed by atoms with Gasteiger partial charge in [-0.3, -0.25) is 4.79 Å². The first-order valence-electron chi connectivity index (χ1n) is 6.32. The number of carbonyl (C=O) groups is 1. The van der Waals surface area contributed by atoms with E-state index in [2.05, 4.69) is 41.5 Å². The summed E-state index contributed by atoms with van der Waals surface area (Å²) in [6.45, 7) is 13.1. The second-order valence-corrected chi connectivity index (χ2v) is 6.05. The monoisotopic (exact) mass is 212 g/mol. The first-order valence-corrected chi connectivity index (χ1v) is 6.32. The van der Waals surface area contributed by atoms with Gasteiger partial charge in [0.1, 0.15) is 5.78 Å². The number of hydrogen-bond donors (Lipinski definition) is 0. The topological polar surface area (TPSA) is 17.1 Å².